The van der Waals surface area contributed by atoms with E-state index in [1.54, 1.807) is 19.1 Å². The summed E-state index contributed by atoms with van der Waals surface area (Å²) in [6, 6.07) is 6.64. The molecule has 0 bridgehead atoms. The summed E-state index contributed by atoms with van der Waals surface area (Å²) < 4.78 is 33.0. The fourth-order valence-electron chi connectivity index (χ4n) is 2.98. The number of hydrogen-bond donors (Lipinski definition) is 1. The predicted octanol–water partition coefficient (Wildman–Crippen LogP) is 2.53. The van der Waals surface area contributed by atoms with E-state index in [0.29, 0.717) is 11.3 Å². The third-order valence-electron chi connectivity index (χ3n) is 4.19. The van der Waals surface area contributed by atoms with Gasteiger partial charge in [0.1, 0.15) is 10.4 Å². The zero-order valence-corrected chi connectivity index (χ0v) is 15.4. The normalized spacial score (nSPS) is 11.9. The number of carbonyl (C=O) groups is 1. The highest BCUT2D eigenvalue weighted by atomic mass is 32.2. The van der Waals surface area contributed by atoms with E-state index in [2.05, 4.69) is 15.0 Å². The van der Waals surface area contributed by atoms with Gasteiger partial charge in [-0.25, -0.2) is 23.2 Å². The van der Waals surface area contributed by atoms with Crippen molar-refractivity contribution < 1.29 is 17.9 Å². The number of sulfone groups is 1. The lowest BCUT2D eigenvalue weighted by Crippen LogP contribution is -2.10. The minimum atomic E-state index is -3.84. The highest BCUT2D eigenvalue weighted by Gasteiger charge is 2.26. The molecule has 0 spiro atoms. The molecule has 0 saturated heterocycles. The van der Waals surface area contributed by atoms with Gasteiger partial charge in [0.15, 0.2) is 17.0 Å². The number of benzene rings is 1. The van der Waals surface area contributed by atoms with E-state index in [1.807, 2.05) is 13.0 Å². The summed E-state index contributed by atoms with van der Waals surface area (Å²) in [6.45, 7) is 3.72. The van der Waals surface area contributed by atoms with Crippen molar-refractivity contribution in [3.8, 4) is 0 Å². The van der Waals surface area contributed by atoms with E-state index in [-0.39, 0.29) is 27.6 Å². The molecule has 1 N–H and O–H groups in total. The van der Waals surface area contributed by atoms with Crippen LogP contribution in [0.25, 0.3) is 16.8 Å². The molecule has 3 aromatic heterocycles. The van der Waals surface area contributed by atoms with E-state index in [4.69, 9.17) is 4.74 Å². The topological polar surface area (TPSA) is 106 Å². The summed E-state index contributed by atoms with van der Waals surface area (Å²) in [5.41, 5.74) is 1.91. The highest BCUT2D eigenvalue weighted by Crippen LogP contribution is 2.29. The Morgan fingerprint density at radius 2 is 2.07 bits per heavy atom. The molecule has 1 aromatic carbocycles. The van der Waals surface area contributed by atoms with Crippen molar-refractivity contribution in [3.63, 3.8) is 0 Å². The maximum atomic E-state index is 13.2. The van der Waals surface area contributed by atoms with Gasteiger partial charge in [0.25, 0.3) is 0 Å². The lowest BCUT2D eigenvalue weighted by Gasteiger charge is -2.07. The van der Waals surface area contributed by atoms with Gasteiger partial charge in [-0.15, -0.1) is 0 Å². The molecule has 27 heavy (non-hydrogen) atoms. The first kappa shape index (κ1) is 17.2. The number of imidazole rings is 1. The lowest BCUT2D eigenvalue weighted by atomic mass is 10.2. The Hall–Kier alpha value is -3.20. The van der Waals surface area contributed by atoms with Crippen molar-refractivity contribution in [1.29, 1.82) is 0 Å². The molecule has 3 heterocycles. The first-order valence-electron chi connectivity index (χ1n) is 8.26. The monoisotopic (exact) mass is 384 g/mol. The lowest BCUT2D eigenvalue weighted by molar-refractivity contribution is 0.0518. The zero-order chi connectivity index (χ0) is 19.2. The van der Waals surface area contributed by atoms with Crippen LogP contribution in [-0.2, 0) is 14.6 Å². The number of aromatic amines is 1. The van der Waals surface area contributed by atoms with Crippen LogP contribution >= 0.6 is 0 Å². The van der Waals surface area contributed by atoms with E-state index in [1.165, 1.54) is 29.1 Å². The SMILES string of the molecule is CCOC(=O)c1cnc2cnc3[nH]cc(S(=O)(=O)c4cccc(C)c4)c3n12. The van der Waals surface area contributed by atoms with Crippen molar-refractivity contribution in [1.82, 2.24) is 19.4 Å². The molecule has 0 unspecified atom stereocenters. The van der Waals surface area contributed by atoms with Gasteiger partial charge in [0.05, 0.1) is 23.9 Å². The minimum Gasteiger partial charge on any atom is -0.461 e. The van der Waals surface area contributed by atoms with Crippen LogP contribution in [0.3, 0.4) is 0 Å². The van der Waals surface area contributed by atoms with Crippen LogP contribution in [0.5, 0.6) is 0 Å². The van der Waals surface area contributed by atoms with E-state index >= 15 is 0 Å². The van der Waals surface area contributed by atoms with Crippen LogP contribution in [0.15, 0.2) is 52.6 Å². The molecule has 0 aliphatic rings. The Morgan fingerprint density at radius 1 is 1.26 bits per heavy atom. The molecule has 0 fully saturated rings. The molecular weight excluding hydrogens is 368 g/mol. The standard InChI is InChI=1S/C18H16N4O4S/c1-3-26-18(23)13-8-19-15-10-21-17-16(22(13)15)14(9-20-17)27(24,25)12-6-4-5-11(2)7-12/h4-10,20H,3H2,1-2H3. The van der Waals surface area contributed by atoms with Gasteiger partial charge in [-0.2, -0.15) is 0 Å². The molecule has 8 nitrogen and oxygen atoms in total. The number of fused-ring (bicyclic) bond motifs is 3. The van der Waals surface area contributed by atoms with E-state index in [0.717, 1.165) is 5.56 Å². The number of hydrogen-bond acceptors (Lipinski definition) is 6. The first-order valence-corrected chi connectivity index (χ1v) is 9.74. The van der Waals surface area contributed by atoms with Crippen LogP contribution in [0, 0.1) is 6.92 Å². The van der Waals surface area contributed by atoms with Gasteiger partial charge in [0, 0.05) is 6.20 Å². The van der Waals surface area contributed by atoms with Crippen molar-refractivity contribution in [3.05, 3.63) is 54.1 Å². The average molecular weight is 384 g/mol. The fraction of sp³-hybridized carbons (Fsp3) is 0.167. The quantitative estimate of drug-likeness (QED) is 0.542. The number of H-pyrrole nitrogens is 1. The van der Waals surface area contributed by atoms with Gasteiger partial charge in [-0.05, 0) is 31.5 Å². The fourth-order valence-corrected chi connectivity index (χ4v) is 4.49. The maximum absolute atomic E-state index is 13.2. The van der Waals surface area contributed by atoms with Crippen molar-refractivity contribution in [2.75, 3.05) is 6.61 Å². The smallest absolute Gasteiger partial charge is 0.356 e. The van der Waals surface area contributed by atoms with Crippen LogP contribution in [-0.4, -0.2) is 40.3 Å². The summed E-state index contributed by atoms with van der Waals surface area (Å²) in [5, 5.41) is 0. The van der Waals surface area contributed by atoms with Crippen LogP contribution < -0.4 is 0 Å². The Bertz CT molecular complexity index is 1290. The second-order valence-electron chi connectivity index (χ2n) is 5.99. The summed E-state index contributed by atoms with van der Waals surface area (Å²) in [7, 11) is -3.84. The zero-order valence-electron chi connectivity index (χ0n) is 14.6. The number of rotatable bonds is 4. The molecule has 9 heteroatoms. The molecule has 138 valence electrons. The van der Waals surface area contributed by atoms with Gasteiger partial charge in [-0.1, -0.05) is 12.1 Å². The van der Waals surface area contributed by atoms with Gasteiger partial charge in [-0.3, -0.25) is 4.40 Å². The Kier molecular flexibility index (Phi) is 3.96. The molecule has 0 aliphatic carbocycles. The first-order chi connectivity index (χ1) is 12.9. The second-order valence-corrected chi connectivity index (χ2v) is 7.90. The largest absolute Gasteiger partial charge is 0.461 e. The molecular formula is C18H16N4O4S. The number of nitrogens with zero attached hydrogens (tertiary/aromatic N) is 3. The van der Waals surface area contributed by atoms with Crippen molar-refractivity contribution >= 4 is 32.6 Å². The Balaban J connectivity index is 2.04. The van der Waals surface area contributed by atoms with Crippen LogP contribution in [0.1, 0.15) is 23.0 Å². The predicted molar refractivity (Wildman–Crippen MR) is 97.4 cm³/mol. The Labute approximate surface area is 154 Å². The maximum Gasteiger partial charge on any atom is 0.356 e. The molecule has 0 atom stereocenters. The van der Waals surface area contributed by atoms with Gasteiger partial charge < -0.3 is 9.72 Å². The number of esters is 1. The number of aromatic nitrogens is 4. The number of ether oxygens (including phenoxy) is 1. The minimum absolute atomic E-state index is 0.0183. The van der Waals surface area contributed by atoms with Gasteiger partial charge >= 0.3 is 5.97 Å². The highest BCUT2D eigenvalue weighted by molar-refractivity contribution is 7.91. The summed E-state index contributed by atoms with van der Waals surface area (Å²) >= 11 is 0. The molecule has 0 radical (unpaired) electrons. The second kappa shape index (κ2) is 6.20. The van der Waals surface area contributed by atoms with Crippen molar-refractivity contribution in [2.24, 2.45) is 0 Å². The third-order valence-corrected chi connectivity index (χ3v) is 5.96. The number of aryl methyl sites for hydroxylation is 1. The molecule has 4 rings (SSSR count). The molecule has 4 aromatic rings. The molecule has 0 amide bonds. The summed E-state index contributed by atoms with van der Waals surface area (Å²) in [5.74, 6) is -0.586. The number of carbonyl (C=O) groups excluding carboxylic acids is 1. The summed E-state index contributed by atoms with van der Waals surface area (Å²) in [4.78, 5) is 23.7. The Morgan fingerprint density at radius 3 is 2.81 bits per heavy atom. The average Bonchev–Trinajstić information content (AvgIpc) is 3.25. The van der Waals surface area contributed by atoms with Gasteiger partial charge in [0.2, 0.25) is 9.84 Å². The molecule has 0 saturated carbocycles. The summed E-state index contributed by atoms with van der Waals surface area (Å²) in [6.07, 6.45) is 4.19. The van der Waals surface area contributed by atoms with E-state index in [9.17, 15) is 13.2 Å². The van der Waals surface area contributed by atoms with Crippen LogP contribution in [0.2, 0.25) is 0 Å². The number of nitrogens with one attached hydrogen (secondary N) is 1. The van der Waals surface area contributed by atoms with Crippen LogP contribution in [0.4, 0.5) is 0 Å². The third kappa shape index (κ3) is 2.67. The van der Waals surface area contributed by atoms with E-state index < -0.39 is 15.8 Å². The molecule has 0 aliphatic heterocycles. The van der Waals surface area contributed by atoms with Crippen molar-refractivity contribution in [2.45, 2.75) is 23.6 Å².